The van der Waals surface area contributed by atoms with Crippen molar-refractivity contribution in [1.82, 2.24) is 14.6 Å². The van der Waals surface area contributed by atoms with Crippen molar-refractivity contribution in [3.63, 3.8) is 0 Å². The Kier molecular flexibility index (Phi) is 2.43. The van der Waals surface area contributed by atoms with E-state index in [-0.39, 0.29) is 5.92 Å². The van der Waals surface area contributed by atoms with E-state index in [1.165, 1.54) is 0 Å². The highest BCUT2D eigenvalue weighted by atomic mass is 16.4. The van der Waals surface area contributed by atoms with Gasteiger partial charge in [0.15, 0.2) is 5.65 Å². The Balaban J connectivity index is 2.00. The third-order valence-corrected chi connectivity index (χ3v) is 3.49. The maximum absolute atomic E-state index is 11.3. The van der Waals surface area contributed by atoms with E-state index in [9.17, 15) is 9.90 Å². The van der Waals surface area contributed by atoms with Gasteiger partial charge in [-0.3, -0.25) is 0 Å². The van der Waals surface area contributed by atoms with Gasteiger partial charge in [-0.05, 0) is 18.4 Å². The van der Waals surface area contributed by atoms with E-state index in [1.807, 2.05) is 17.9 Å². The summed E-state index contributed by atoms with van der Waals surface area (Å²) in [6.45, 7) is 2.70. The molecule has 2 aromatic heterocycles. The summed E-state index contributed by atoms with van der Waals surface area (Å²) in [5.74, 6) is 0.0698. The molecule has 6 heteroatoms. The molecule has 1 aliphatic heterocycles. The lowest BCUT2D eigenvalue weighted by Gasteiger charge is -2.24. The zero-order chi connectivity index (χ0) is 12.7. The van der Waals surface area contributed by atoms with Crippen LogP contribution in [0.15, 0.2) is 24.5 Å². The van der Waals surface area contributed by atoms with Crippen molar-refractivity contribution in [1.29, 1.82) is 0 Å². The van der Waals surface area contributed by atoms with E-state index in [1.54, 1.807) is 23.0 Å². The maximum Gasteiger partial charge on any atom is 0.326 e. The van der Waals surface area contributed by atoms with Gasteiger partial charge in [0.2, 0.25) is 0 Å². The van der Waals surface area contributed by atoms with E-state index in [0.29, 0.717) is 5.82 Å². The summed E-state index contributed by atoms with van der Waals surface area (Å²) >= 11 is 0. The number of aromatic nitrogens is 3. The molecule has 2 unspecified atom stereocenters. The van der Waals surface area contributed by atoms with E-state index < -0.39 is 12.0 Å². The van der Waals surface area contributed by atoms with Crippen LogP contribution in [-0.2, 0) is 4.79 Å². The van der Waals surface area contributed by atoms with E-state index in [0.717, 1.165) is 18.6 Å². The summed E-state index contributed by atoms with van der Waals surface area (Å²) < 4.78 is 1.67. The molecule has 0 radical (unpaired) electrons. The molecule has 2 atom stereocenters. The smallest absolute Gasteiger partial charge is 0.326 e. The highest BCUT2D eigenvalue weighted by molar-refractivity contribution is 5.79. The molecule has 3 heterocycles. The van der Waals surface area contributed by atoms with Crippen molar-refractivity contribution < 1.29 is 9.90 Å². The first-order chi connectivity index (χ1) is 8.66. The van der Waals surface area contributed by atoms with Crippen LogP contribution in [-0.4, -0.2) is 38.3 Å². The van der Waals surface area contributed by atoms with Crippen LogP contribution in [0.3, 0.4) is 0 Å². The number of carbonyl (C=O) groups is 1. The first kappa shape index (κ1) is 11.0. The summed E-state index contributed by atoms with van der Waals surface area (Å²) in [7, 11) is 0. The van der Waals surface area contributed by atoms with Crippen LogP contribution in [0.25, 0.3) is 5.65 Å². The monoisotopic (exact) mass is 246 g/mol. The Hall–Kier alpha value is -2.11. The lowest BCUT2D eigenvalue weighted by molar-refractivity contribution is -0.139. The number of hydrogen-bond donors (Lipinski definition) is 1. The quantitative estimate of drug-likeness (QED) is 0.857. The third-order valence-electron chi connectivity index (χ3n) is 3.49. The molecule has 3 rings (SSSR count). The second-order valence-corrected chi connectivity index (χ2v) is 4.66. The topological polar surface area (TPSA) is 70.7 Å². The van der Waals surface area contributed by atoms with Gasteiger partial charge in [-0.1, -0.05) is 6.92 Å². The predicted octanol–water partition coefficient (Wildman–Crippen LogP) is 1.03. The zero-order valence-electron chi connectivity index (χ0n) is 10.0. The molecule has 94 valence electrons. The minimum absolute atomic E-state index is 0.144. The second kappa shape index (κ2) is 3.97. The third kappa shape index (κ3) is 1.61. The number of aliphatic carboxylic acids is 1. The molecule has 0 aromatic carbocycles. The molecular weight excluding hydrogens is 232 g/mol. The number of rotatable bonds is 2. The standard InChI is InChI=1S/C12H14N4O2/c1-8-3-6-15(11(8)12(17)18)9-4-7-16-10(14-9)2-5-13-16/h2,4-5,7-8,11H,3,6H2,1H3,(H,17,18). The van der Waals surface area contributed by atoms with Crippen LogP contribution in [0, 0.1) is 5.92 Å². The van der Waals surface area contributed by atoms with Crippen molar-refractivity contribution >= 4 is 17.4 Å². The van der Waals surface area contributed by atoms with Gasteiger partial charge in [0.1, 0.15) is 11.9 Å². The van der Waals surface area contributed by atoms with Crippen LogP contribution >= 0.6 is 0 Å². The van der Waals surface area contributed by atoms with Crippen LogP contribution in [0.2, 0.25) is 0 Å². The molecule has 1 fully saturated rings. The van der Waals surface area contributed by atoms with E-state index in [2.05, 4.69) is 10.1 Å². The zero-order valence-corrected chi connectivity index (χ0v) is 10.0. The van der Waals surface area contributed by atoms with Gasteiger partial charge in [-0.25, -0.2) is 14.3 Å². The Morgan fingerprint density at radius 1 is 1.50 bits per heavy atom. The Bertz CT molecular complexity index is 595. The van der Waals surface area contributed by atoms with Gasteiger partial charge in [-0.2, -0.15) is 5.10 Å². The largest absolute Gasteiger partial charge is 0.480 e. The molecule has 0 amide bonds. The number of carboxylic acid groups (broad SMARTS) is 1. The highest BCUT2D eigenvalue weighted by Gasteiger charge is 2.37. The van der Waals surface area contributed by atoms with Crippen LogP contribution in [0.4, 0.5) is 5.82 Å². The van der Waals surface area contributed by atoms with Gasteiger partial charge in [0, 0.05) is 18.8 Å². The molecule has 1 saturated heterocycles. The normalized spacial score (nSPS) is 23.7. The van der Waals surface area contributed by atoms with Gasteiger partial charge in [-0.15, -0.1) is 0 Å². The second-order valence-electron chi connectivity index (χ2n) is 4.66. The number of anilines is 1. The molecule has 18 heavy (non-hydrogen) atoms. The molecule has 0 aliphatic carbocycles. The van der Waals surface area contributed by atoms with E-state index in [4.69, 9.17) is 0 Å². The molecule has 0 saturated carbocycles. The summed E-state index contributed by atoms with van der Waals surface area (Å²) in [5.41, 5.74) is 0.733. The lowest BCUT2D eigenvalue weighted by Crippen LogP contribution is -2.39. The van der Waals surface area contributed by atoms with Crippen molar-refractivity contribution in [3.05, 3.63) is 24.5 Å². The number of fused-ring (bicyclic) bond motifs is 1. The molecule has 6 nitrogen and oxygen atoms in total. The van der Waals surface area contributed by atoms with Crippen molar-refractivity contribution in [3.8, 4) is 0 Å². The fourth-order valence-electron chi connectivity index (χ4n) is 2.54. The van der Waals surface area contributed by atoms with Gasteiger partial charge < -0.3 is 10.0 Å². The van der Waals surface area contributed by atoms with E-state index >= 15 is 0 Å². The molecule has 1 aliphatic rings. The number of nitrogens with zero attached hydrogens (tertiary/aromatic N) is 4. The minimum atomic E-state index is -0.782. The first-order valence-electron chi connectivity index (χ1n) is 5.96. The highest BCUT2D eigenvalue weighted by Crippen LogP contribution is 2.28. The average molecular weight is 246 g/mol. The molecular formula is C12H14N4O2. The summed E-state index contributed by atoms with van der Waals surface area (Å²) in [5, 5.41) is 13.4. The average Bonchev–Trinajstić information content (AvgIpc) is 2.93. The van der Waals surface area contributed by atoms with Gasteiger partial charge in [0.05, 0.1) is 6.20 Å². The van der Waals surface area contributed by atoms with Crippen molar-refractivity contribution in [2.24, 2.45) is 5.92 Å². The fraction of sp³-hybridized carbons (Fsp3) is 0.417. The molecule has 0 spiro atoms. The Labute approximate surface area is 104 Å². The summed E-state index contributed by atoms with van der Waals surface area (Å²) in [6.07, 6.45) is 4.36. The summed E-state index contributed by atoms with van der Waals surface area (Å²) in [6, 6.07) is 3.13. The summed E-state index contributed by atoms with van der Waals surface area (Å²) in [4.78, 5) is 17.6. The molecule has 2 aromatic rings. The van der Waals surface area contributed by atoms with Crippen LogP contribution < -0.4 is 4.90 Å². The van der Waals surface area contributed by atoms with Crippen LogP contribution in [0.5, 0.6) is 0 Å². The predicted molar refractivity (Wildman–Crippen MR) is 65.5 cm³/mol. The van der Waals surface area contributed by atoms with Crippen molar-refractivity contribution in [2.45, 2.75) is 19.4 Å². The maximum atomic E-state index is 11.3. The van der Waals surface area contributed by atoms with Crippen LogP contribution in [0.1, 0.15) is 13.3 Å². The minimum Gasteiger partial charge on any atom is -0.480 e. The molecule has 0 bridgehead atoms. The first-order valence-corrected chi connectivity index (χ1v) is 5.96. The Morgan fingerprint density at radius 3 is 3.11 bits per heavy atom. The number of carboxylic acids is 1. The SMILES string of the molecule is CC1CCN(c2ccn3nccc3n2)C1C(=O)O. The Morgan fingerprint density at radius 2 is 2.33 bits per heavy atom. The van der Waals surface area contributed by atoms with Gasteiger partial charge in [0.25, 0.3) is 0 Å². The van der Waals surface area contributed by atoms with Gasteiger partial charge >= 0.3 is 5.97 Å². The number of hydrogen-bond acceptors (Lipinski definition) is 4. The lowest BCUT2D eigenvalue weighted by atomic mass is 10.0. The molecule has 1 N–H and O–H groups in total. The fourth-order valence-corrected chi connectivity index (χ4v) is 2.54. The van der Waals surface area contributed by atoms with Crippen molar-refractivity contribution in [2.75, 3.05) is 11.4 Å².